The molecule has 0 aliphatic carbocycles. The minimum atomic E-state index is 0.0749. The van der Waals surface area contributed by atoms with E-state index in [1.165, 1.54) is 0 Å². The lowest BCUT2D eigenvalue weighted by Gasteiger charge is -2.23. The summed E-state index contributed by atoms with van der Waals surface area (Å²) in [6.45, 7) is 0.955. The molecule has 3 aromatic heterocycles. The maximum atomic E-state index is 9.49. The first-order valence-corrected chi connectivity index (χ1v) is 6.99. The maximum Gasteiger partial charge on any atom is 0.228 e. The fourth-order valence-electron chi connectivity index (χ4n) is 2.83. The van der Waals surface area contributed by atoms with Gasteiger partial charge in [-0.05, 0) is 25.0 Å². The Morgan fingerprint density at radius 2 is 2.38 bits per heavy atom. The fourth-order valence-corrected chi connectivity index (χ4v) is 2.83. The summed E-state index contributed by atoms with van der Waals surface area (Å²) in [6, 6.07) is 3.76. The topological polar surface area (TPSA) is 91.1 Å². The van der Waals surface area contributed by atoms with E-state index in [4.69, 9.17) is 4.42 Å². The first-order valence-electron chi connectivity index (χ1n) is 6.99. The number of hydrogen-bond donors (Lipinski definition) is 2. The summed E-state index contributed by atoms with van der Waals surface area (Å²) in [5, 5.41) is 9.49. The molecule has 1 saturated heterocycles. The van der Waals surface area contributed by atoms with Crippen molar-refractivity contribution >= 4 is 17.1 Å². The van der Waals surface area contributed by atoms with Gasteiger partial charge in [0, 0.05) is 6.54 Å². The average Bonchev–Trinajstić information content (AvgIpc) is 3.25. The maximum absolute atomic E-state index is 9.49. The van der Waals surface area contributed by atoms with Gasteiger partial charge in [-0.15, -0.1) is 0 Å². The molecule has 21 heavy (non-hydrogen) atoms. The second-order valence-electron chi connectivity index (χ2n) is 5.12. The highest BCUT2D eigenvalue weighted by Gasteiger charge is 2.27. The second-order valence-corrected chi connectivity index (χ2v) is 5.12. The third-order valence-corrected chi connectivity index (χ3v) is 3.87. The lowest BCUT2D eigenvalue weighted by atomic mass is 10.2. The highest BCUT2D eigenvalue weighted by atomic mass is 16.3. The van der Waals surface area contributed by atoms with E-state index in [9.17, 15) is 5.11 Å². The molecule has 0 radical (unpaired) electrons. The summed E-state index contributed by atoms with van der Waals surface area (Å²) < 4.78 is 5.46. The second kappa shape index (κ2) is 4.85. The Morgan fingerprint density at radius 1 is 1.43 bits per heavy atom. The Labute approximate surface area is 120 Å². The van der Waals surface area contributed by atoms with Gasteiger partial charge in [-0.25, -0.2) is 9.97 Å². The molecule has 0 spiro atoms. The van der Waals surface area contributed by atoms with Crippen LogP contribution in [0.1, 0.15) is 12.8 Å². The van der Waals surface area contributed by atoms with Crippen LogP contribution in [-0.4, -0.2) is 44.2 Å². The number of imidazole rings is 1. The molecule has 108 valence electrons. The summed E-state index contributed by atoms with van der Waals surface area (Å²) >= 11 is 0. The normalized spacial score (nSPS) is 18.7. The molecule has 0 saturated carbocycles. The lowest BCUT2D eigenvalue weighted by Crippen LogP contribution is -2.33. The highest BCUT2D eigenvalue weighted by molar-refractivity contribution is 5.86. The van der Waals surface area contributed by atoms with Crippen molar-refractivity contribution in [2.45, 2.75) is 18.9 Å². The van der Waals surface area contributed by atoms with E-state index in [1.54, 1.807) is 12.6 Å². The Bertz CT molecular complexity index is 752. The number of nitrogens with zero attached hydrogens (tertiary/aromatic N) is 4. The minimum Gasteiger partial charge on any atom is -0.463 e. The largest absolute Gasteiger partial charge is 0.463 e. The third-order valence-electron chi connectivity index (χ3n) is 3.87. The molecule has 2 N–H and O–H groups in total. The van der Waals surface area contributed by atoms with Gasteiger partial charge in [0.15, 0.2) is 11.4 Å². The van der Waals surface area contributed by atoms with Crippen LogP contribution < -0.4 is 4.90 Å². The van der Waals surface area contributed by atoms with Gasteiger partial charge < -0.3 is 19.4 Å². The van der Waals surface area contributed by atoms with E-state index in [0.717, 1.165) is 24.9 Å². The molecule has 0 bridgehead atoms. The molecule has 4 rings (SSSR count). The number of rotatable bonds is 3. The van der Waals surface area contributed by atoms with Gasteiger partial charge in [-0.1, -0.05) is 0 Å². The molecule has 7 heteroatoms. The number of H-pyrrole nitrogens is 1. The highest BCUT2D eigenvalue weighted by Crippen LogP contribution is 2.29. The molecular weight excluding hydrogens is 270 g/mol. The van der Waals surface area contributed by atoms with Crippen molar-refractivity contribution in [3.63, 3.8) is 0 Å². The third kappa shape index (κ3) is 1.97. The predicted molar refractivity (Wildman–Crippen MR) is 76.8 cm³/mol. The van der Waals surface area contributed by atoms with Crippen molar-refractivity contribution in [3.8, 4) is 11.5 Å². The van der Waals surface area contributed by atoms with Gasteiger partial charge in [0.05, 0.1) is 25.2 Å². The number of aliphatic hydroxyl groups is 1. The van der Waals surface area contributed by atoms with Gasteiger partial charge in [0.25, 0.3) is 0 Å². The van der Waals surface area contributed by atoms with Crippen LogP contribution in [0.3, 0.4) is 0 Å². The van der Waals surface area contributed by atoms with Crippen LogP contribution >= 0.6 is 0 Å². The van der Waals surface area contributed by atoms with Crippen LogP contribution in [0.5, 0.6) is 0 Å². The van der Waals surface area contributed by atoms with Crippen LogP contribution in [0, 0.1) is 0 Å². The van der Waals surface area contributed by atoms with E-state index in [2.05, 4.69) is 19.9 Å². The Kier molecular flexibility index (Phi) is 2.85. The Balaban J connectivity index is 1.87. The zero-order valence-electron chi connectivity index (χ0n) is 11.4. The Morgan fingerprint density at radius 3 is 3.19 bits per heavy atom. The summed E-state index contributed by atoms with van der Waals surface area (Å²) in [5.41, 5.74) is 2.06. The molecule has 7 nitrogen and oxygen atoms in total. The molecular formula is C14H15N5O2. The first kappa shape index (κ1) is 12.3. The first-order chi connectivity index (χ1) is 10.4. The molecule has 4 heterocycles. The van der Waals surface area contributed by atoms with E-state index < -0.39 is 0 Å². The van der Waals surface area contributed by atoms with Gasteiger partial charge in [0.1, 0.15) is 11.2 Å². The van der Waals surface area contributed by atoms with Crippen molar-refractivity contribution in [2.24, 2.45) is 0 Å². The van der Waals surface area contributed by atoms with Crippen molar-refractivity contribution in [2.75, 3.05) is 18.1 Å². The van der Waals surface area contributed by atoms with E-state index in [1.807, 2.05) is 17.0 Å². The predicted octanol–water partition coefficient (Wildman–Crippen LogP) is 1.57. The average molecular weight is 285 g/mol. The quantitative estimate of drug-likeness (QED) is 0.759. The molecule has 1 unspecified atom stereocenters. The molecule has 1 aliphatic heterocycles. The number of aromatic amines is 1. The molecule has 0 amide bonds. The smallest absolute Gasteiger partial charge is 0.228 e. The van der Waals surface area contributed by atoms with Gasteiger partial charge in [-0.3, -0.25) is 0 Å². The number of fused-ring (bicyclic) bond motifs is 1. The SMILES string of the molecule is OCC1CCCN1c1nc(-c2ccco2)c2[nH]cnc2n1. The zero-order valence-corrected chi connectivity index (χ0v) is 11.4. The van der Waals surface area contributed by atoms with E-state index in [0.29, 0.717) is 23.0 Å². The fraction of sp³-hybridized carbons (Fsp3) is 0.357. The number of aromatic nitrogens is 4. The summed E-state index contributed by atoms with van der Waals surface area (Å²) in [4.78, 5) is 18.5. The molecule has 0 aromatic carbocycles. The van der Waals surface area contributed by atoms with Crippen molar-refractivity contribution in [1.82, 2.24) is 19.9 Å². The number of nitrogens with one attached hydrogen (secondary N) is 1. The van der Waals surface area contributed by atoms with Crippen LogP contribution in [0.15, 0.2) is 29.1 Å². The van der Waals surface area contributed by atoms with Crippen molar-refractivity contribution in [3.05, 3.63) is 24.7 Å². The van der Waals surface area contributed by atoms with Crippen molar-refractivity contribution < 1.29 is 9.52 Å². The Hall–Kier alpha value is -2.41. The summed E-state index contributed by atoms with van der Waals surface area (Å²) in [5.74, 6) is 1.27. The molecule has 1 atom stereocenters. The molecule has 3 aromatic rings. The van der Waals surface area contributed by atoms with E-state index in [-0.39, 0.29) is 12.6 Å². The summed E-state index contributed by atoms with van der Waals surface area (Å²) in [6.07, 6.45) is 5.20. The van der Waals surface area contributed by atoms with Gasteiger partial charge in [-0.2, -0.15) is 4.98 Å². The van der Waals surface area contributed by atoms with Crippen LogP contribution in [0.4, 0.5) is 5.95 Å². The number of hydrogen-bond acceptors (Lipinski definition) is 6. The van der Waals surface area contributed by atoms with E-state index >= 15 is 0 Å². The lowest BCUT2D eigenvalue weighted by molar-refractivity contribution is 0.265. The van der Waals surface area contributed by atoms with Gasteiger partial charge in [0.2, 0.25) is 5.95 Å². The van der Waals surface area contributed by atoms with Crippen LogP contribution in [-0.2, 0) is 0 Å². The summed E-state index contributed by atoms with van der Waals surface area (Å²) in [7, 11) is 0. The van der Waals surface area contributed by atoms with Crippen LogP contribution in [0.2, 0.25) is 0 Å². The zero-order chi connectivity index (χ0) is 14.2. The molecule has 1 fully saturated rings. The van der Waals surface area contributed by atoms with Crippen LogP contribution in [0.25, 0.3) is 22.6 Å². The monoisotopic (exact) mass is 285 g/mol. The standard InChI is InChI=1S/C14H15N5O2/c20-7-9-3-1-5-19(9)14-17-11(10-4-2-6-21-10)12-13(18-14)16-8-15-12/h2,4,6,8-9,20H,1,3,5,7H2,(H,15,16,17,18). The number of furan rings is 1. The minimum absolute atomic E-state index is 0.0749. The van der Waals surface area contributed by atoms with Crippen molar-refractivity contribution in [1.29, 1.82) is 0 Å². The molecule has 1 aliphatic rings. The van der Waals surface area contributed by atoms with Gasteiger partial charge >= 0.3 is 0 Å². The number of aliphatic hydroxyl groups excluding tert-OH is 1. The number of anilines is 1.